The van der Waals surface area contributed by atoms with E-state index in [4.69, 9.17) is 10.5 Å². The molecule has 14 heavy (non-hydrogen) atoms. The molecule has 0 saturated heterocycles. The molecule has 1 atom stereocenters. The van der Waals surface area contributed by atoms with Gasteiger partial charge in [0.1, 0.15) is 0 Å². The van der Waals surface area contributed by atoms with E-state index in [0.717, 1.165) is 11.4 Å². The second-order valence-electron chi connectivity index (χ2n) is 3.77. The molecule has 1 heterocycles. The van der Waals surface area contributed by atoms with Crippen LogP contribution in [0.2, 0.25) is 0 Å². The Bertz CT molecular complexity index is 259. The minimum absolute atomic E-state index is 0.00593. The van der Waals surface area contributed by atoms with Crippen LogP contribution < -0.4 is 5.73 Å². The molecule has 0 amide bonds. The summed E-state index contributed by atoms with van der Waals surface area (Å²) in [6.07, 6.45) is 2.59. The molecular weight excluding hydrogens is 196 g/mol. The van der Waals surface area contributed by atoms with Crippen LogP contribution in [-0.2, 0) is 11.2 Å². The molecule has 4 heteroatoms. The van der Waals surface area contributed by atoms with Gasteiger partial charge in [0.15, 0.2) is 0 Å². The highest BCUT2D eigenvalue weighted by Crippen LogP contribution is 2.17. The highest BCUT2D eigenvalue weighted by atomic mass is 32.1. The fraction of sp³-hybridized carbons (Fsp3) is 0.700. The normalized spacial score (nSPS) is 14.3. The summed E-state index contributed by atoms with van der Waals surface area (Å²) in [6.45, 7) is 6.72. The Morgan fingerprint density at radius 2 is 2.36 bits per heavy atom. The Morgan fingerprint density at radius 3 is 2.86 bits per heavy atom. The molecule has 0 radical (unpaired) electrons. The summed E-state index contributed by atoms with van der Waals surface area (Å²) in [5.74, 6) is 0. The lowest BCUT2D eigenvalue weighted by Gasteiger charge is -2.30. The number of hydrogen-bond acceptors (Lipinski definition) is 4. The van der Waals surface area contributed by atoms with Gasteiger partial charge in [-0.2, -0.15) is 0 Å². The number of rotatable bonds is 5. The Labute approximate surface area is 89.3 Å². The predicted molar refractivity (Wildman–Crippen MR) is 59.5 cm³/mol. The van der Waals surface area contributed by atoms with E-state index in [1.807, 2.05) is 26.2 Å². The quantitative estimate of drug-likeness (QED) is 0.813. The van der Waals surface area contributed by atoms with E-state index in [9.17, 15) is 0 Å². The van der Waals surface area contributed by atoms with Crippen molar-refractivity contribution in [2.75, 3.05) is 6.61 Å². The highest BCUT2D eigenvalue weighted by Gasteiger charge is 2.27. The van der Waals surface area contributed by atoms with Gasteiger partial charge in [-0.3, -0.25) is 0 Å². The summed E-state index contributed by atoms with van der Waals surface area (Å²) in [5, 5.41) is 3.04. The van der Waals surface area contributed by atoms with Crippen molar-refractivity contribution in [2.45, 2.75) is 38.8 Å². The molecular formula is C10H18N2OS. The van der Waals surface area contributed by atoms with Crippen LogP contribution in [0.3, 0.4) is 0 Å². The van der Waals surface area contributed by atoms with Gasteiger partial charge in [-0.25, -0.2) is 4.98 Å². The maximum Gasteiger partial charge on any atom is 0.0941 e. The first kappa shape index (κ1) is 11.6. The first-order valence-corrected chi connectivity index (χ1v) is 5.72. The van der Waals surface area contributed by atoms with Crippen LogP contribution in [0.25, 0.3) is 0 Å². The van der Waals surface area contributed by atoms with Crippen LogP contribution in [0.4, 0.5) is 0 Å². The second kappa shape index (κ2) is 4.87. The summed E-state index contributed by atoms with van der Waals surface area (Å²) >= 11 is 1.64. The molecule has 1 rings (SSSR count). The lowest BCUT2D eigenvalue weighted by Crippen LogP contribution is -2.46. The molecule has 0 saturated carbocycles. The number of nitrogens with two attached hydrogens (primary N) is 1. The average molecular weight is 214 g/mol. The molecule has 1 aromatic heterocycles. The first-order valence-electron chi connectivity index (χ1n) is 4.84. The summed E-state index contributed by atoms with van der Waals surface area (Å²) < 4.78 is 5.59. The number of ether oxygens (including phenoxy) is 1. The van der Waals surface area contributed by atoms with Crippen molar-refractivity contribution in [3.63, 3.8) is 0 Å². The first-order chi connectivity index (χ1) is 6.56. The Hall–Kier alpha value is -0.450. The van der Waals surface area contributed by atoms with Crippen molar-refractivity contribution in [1.82, 2.24) is 4.98 Å². The molecule has 1 aromatic rings. The smallest absolute Gasteiger partial charge is 0.0941 e. The minimum atomic E-state index is -0.277. The van der Waals surface area contributed by atoms with Crippen LogP contribution in [0.5, 0.6) is 0 Å². The van der Waals surface area contributed by atoms with E-state index in [1.165, 1.54) is 0 Å². The number of hydrogen-bond donors (Lipinski definition) is 1. The Kier molecular flexibility index (Phi) is 4.04. The maximum absolute atomic E-state index is 6.07. The predicted octanol–water partition coefficient (Wildman–Crippen LogP) is 1.83. The van der Waals surface area contributed by atoms with E-state index in [2.05, 4.69) is 4.98 Å². The maximum atomic E-state index is 6.07. The average Bonchev–Trinajstić information content (AvgIpc) is 2.56. The highest BCUT2D eigenvalue weighted by molar-refractivity contribution is 7.09. The van der Waals surface area contributed by atoms with Gasteiger partial charge < -0.3 is 10.5 Å². The van der Waals surface area contributed by atoms with Crippen LogP contribution >= 0.6 is 11.3 Å². The third kappa shape index (κ3) is 3.04. The fourth-order valence-electron chi connectivity index (χ4n) is 1.27. The SMILES string of the molecule is CCOC(C)(C)C(N)Cc1nccs1. The van der Waals surface area contributed by atoms with Crippen molar-refractivity contribution in [2.24, 2.45) is 5.73 Å². The lowest BCUT2D eigenvalue weighted by molar-refractivity contribution is -0.0288. The van der Waals surface area contributed by atoms with Gasteiger partial charge >= 0.3 is 0 Å². The van der Waals surface area contributed by atoms with E-state index < -0.39 is 0 Å². The molecule has 0 bridgehead atoms. The Balaban J connectivity index is 2.52. The zero-order chi connectivity index (χ0) is 10.6. The Morgan fingerprint density at radius 1 is 1.64 bits per heavy atom. The molecule has 0 fully saturated rings. The van der Waals surface area contributed by atoms with E-state index in [-0.39, 0.29) is 11.6 Å². The largest absolute Gasteiger partial charge is 0.374 e. The minimum Gasteiger partial charge on any atom is -0.374 e. The van der Waals surface area contributed by atoms with Gasteiger partial charge in [0, 0.05) is 30.6 Å². The molecule has 80 valence electrons. The van der Waals surface area contributed by atoms with Crippen molar-refractivity contribution >= 4 is 11.3 Å². The molecule has 1 unspecified atom stereocenters. The van der Waals surface area contributed by atoms with Gasteiger partial charge in [-0.15, -0.1) is 11.3 Å². The van der Waals surface area contributed by atoms with Crippen LogP contribution in [0.1, 0.15) is 25.8 Å². The van der Waals surface area contributed by atoms with E-state index in [0.29, 0.717) is 6.61 Å². The summed E-state index contributed by atoms with van der Waals surface area (Å²) in [6, 6.07) is -0.00593. The standard InChI is InChI=1S/C10H18N2OS/c1-4-13-10(2,3)8(11)7-9-12-5-6-14-9/h5-6,8H,4,7,11H2,1-3H3. The van der Waals surface area contributed by atoms with Crippen LogP contribution in [0.15, 0.2) is 11.6 Å². The summed E-state index contributed by atoms with van der Waals surface area (Å²) in [5.41, 5.74) is 5.79. The third-order valence-corrected chi connectivity index (χ3v) is 3.09. The van der Waals surface area contributed by atoms with Gasteiger partial charge in [-0.05, 0) is 20.8 Å². The third-order valence-electron chi connectivity index (χ3n) is 2.29. The lowest BCUT2D eigenvalue weighted by atomic mass is 9.97. The van der Waals surface area contributed by atoms with Crippen LogP contribution in [-0.4, -0.2) is 23.2 Å². The molecule has 0 aliphatic heterocycles. The zero-order valence-corrected chi connectivity index (χ0v) is 9.80. The van der Waals surface area contributed by atoms with Crippen molar-refractivity contribution in [3.8, 4) is 0 Å². The van der Waals surface area contributed by atoms with Crippen molar-refractivity contribution in [1.29, 1.82) is 0 Å². The van der Waals surface area contributed by atoms with E-state index >= 15 is 0 Å². The topological polar surface area (TPSA) is 48.1 Å². The van der Waals surface area contributed by atoms with Gasteiger partial charge in [0.2, 0.25) is 0 Å². The second-order valence-corrected chi connectivity index (χ2v) is 4.75. The number of aromatic nitrogens is 1. The molecule has 0 aromatic carbocycles. The molecule has 0 aliphatic rings. The molecule has 0 aliphatic carbocycles. The van der Waals surface area contributed by atoms with Gasteiger partial charge in [0.05, 0.1) is 10.6 Å². The van der Waals surface area contributed by atoms with E-state index in [1.54, 1.807) is 17.5 Å². The van der Waals surface area contributed by atoms with Gasteiger partial charge in [-0.1, -0.05) is 0 Å². The fourth-order valence-corrected chi connectivity index (χ4v) is 1.94. The van der Waals surface area contributed by atoms with Gasteiger partial charge in [0.25, 0.3) is 0 Å². The van der Waals surface area contributed by atoms with Crippen molar-refractivity contribution < 1.29 is 4.74 Å². The summed E-state index contributed by atoms with van der Waals surface area (Å²) in [7, 11) is 0. The monoisotopic (exact) mass is 214 g/mol. The zero-order valence-electron chi connectivity index (χ0n) is 8.99. The number of thiazole rings is 1. The number of nitrogens with zero attached hydrogens (tertiary/aromatic N) is 1. The molecule has 3 nitrogen and oxygen atoms in total. The molecule has 2 N–H and O–H groups in total. The van der Waals surface area contributed by atoms with Crippen molar-refractivity contribution in [3.05, 3.63) is 16.6 Å². The van der Waals surface area contributed by atoms with Crippen LogP contribution in [0, 0.1) is 0 Å². The molecule has 0 spiro atoms. The summed E-state index contributed by atoms with van der Waals surface area (Å²) in [4.78, 5) is 4.21.